The molecule has 0 saturated heterocycles. The van der Waals surface area contributed by atoms with Crippen LogP contribution in [0.15, 0.2) is 61.7 Å². The average molecular weight is 409 g/mol. The largest absolute Gasteiger partial charge is 0.486 e. The Balaban J connectivity index is 1.48. The van der Waals surface area contributed by atoms with Crippen LogP contribution < -0.4 is 4.74 Å². The molecule has 0 aliphatic heterocycles. The van der Waals surface area contributed by atoms with Gasteiger partial charge in [-0.2, -0.15) is 0 Å². The lowest BCUT2D eigenvalue weighted by atomic mass is 9.64. The van der Waals surface area contributed by atoms with Gasteiger partial charge in [0.25, 0.3) is 0 Å². The Bertz CT molecular complexity index is 919. The number of hydrogen-bond donors (Lipinski definition) is 0. The van der Waals surface area contributed by atoms with E-state index < -0.39 is 5.82 Å². The molecule has 30 heavy (non-hydrogen) atoms. The highest BCUT2D eigenvalue weighted by molar-refractivity contribution is 5.65. The molecule has 4 rings (SSSR count). The van der Waals surface area contributed by atoms with Crippen molar-refractivity contribution in [2.45, 2.75) is 44.4 Å². The molecule has 2 aliphatic carbocycles. The summed E-state index contributed by atoms with van der Waals surface area (Å²) in [5, 5.41) is 0. The molecule has 2 aromatic rings. The molecule has 3 heteroatoms. The van der Waals surface area contributed by atoms with Crippen molar-refractivity contribution in [3.63, 3.8) is 0 Å². The molecule has 158 valence electrons. The van der Waals surface area contributed by atoms with Gasteiger partial charge in [-0.15, -0.1) is 6.58 Å². The van der Waals surface area contributed by atoms with Crippen LogP contribution in [0.5, 0.6) is 5.75 Å². The fourth-order valence-corrected chi connectivity index (χ4v) is 5.40. The summed E-state index contributed by atoms with van der Waals surface area (Å²) >= 11 is 0. The van der Waals surface area contributed by atoms with Crippen LogP contribution in [0.4, 0.5) is 8.78 Å². The van der Waals surface area contributed by atoms with E-state index in [1.165, 1.54) is 31.7 Å². The average Bonchev–Trinajstić information content (AvgIpc) is 2.77. The molecule has 0 spiro atoms. The molecule has 0 aromatic heterocycles. The standard InChI is InChI=1S/C27H30F2O/c1-3-13-30-27-12-10-23(17-26(27)29)24-11-9-22(16-25(24)28)21-8-7-19-14-18(4-2)5-6-20(19)15-21/h3-4,9-12,16-21H,1-2,5-8,13-15H2. The Morgan fingerprint density at radius 1 is 0.900 bits per heavy atom. The van der Waals surface area contributed by atoms with Gasteiger partial charge in [-0.25, -0.2) is 8.78 Å². The Labute approximate surface area is 178 Å². The van der Waals surface area contributed by atoms with E-state index in [0.717, 1.165) is 30.2 Å². The minimum absolute atomic E-state index is 0.151. The van der Waals surface area contributed by atoms with Crippen molar-refractivity contribution in [1.29, 1.82) is 0 Å². The lowest BCUT2D eigenvalue weighted by molar-refractivity contribution is 0.133. The number of ether oxygens (including phenoxy) is 1. The molecule has 2 saturated carbocycles. The van der Waals surface area contributed by atoms with E-state index in [0.29, 0.717) is 23.0 Å². The molecule has 0 N–H and O–H groups in total. The number of rotatable bonds is 6. The molecule has 2 aliphatic rings. The Hall–Kier alpha value is -2.42. The van der Waals surface area contributed by atoms with Gasteiger partial charge in [0.2, 0.25) is 0 Å². The molecule has 0 heterocycles. The number of fused-ring (bicyclic) bond motifs is 1. The molecular weight excluding hydrogens is 378 g/mol. The topological polar surface area (TPSA) is 9.23 Å². The van der Waals surface area contributed by atoms with Gasteiger partial charge >= 0.3 is 0 Å². The first kappa shape index (κ1) is 20.8. The second kappa shape index (κ2) is 9.16. The Morgan fingerprint density at radius 3 is 2.43 bits per heavy atom. The fraction of sp³-hybridized carbons (Fsp3) is 0.407. The maximum atomic E-state index is 15.0. The van der Waals surface area contributed by atoms with Gasteiger partial charge in [0.1, 0.15) is 12.4 Å². The maximum Gasteiger partial charge on any atom is 0.165 e. The fourth-order valence-electron chi connectivity index (χ4n) is 5.40. The smallest absolute Gasteiger partial charge is 0.165 e. The SMILES string of the molecule is C=CCOc1ccc(-c2ccc(C3CCC4CC(C=C)CCC4C3)cc2F)cc1F. The van der Waals surface area contributed by atoms with Crippen molar-refractivity contribution in [3.05, 3.63) is 78.9 Å². The van der Waals surface area contributed by atoms with Gasteiger partial charge in [-0.05, 0) is 91.5 Å². The normalized spacial score (nSPS) is 25.9. The van der Waals surface area contributed by atoms with Crippen molar-refractivity contribution < 1.29 is 13.5 Å². The third-order valence-corrected chi connectivity index (χ3v) is 7.05. The van der Waals surface area contributed by atoms with Crippen LogP contribution >= 0.6 is 0 Å². The van der Waals surface area contributed by atoms with Crippen molar-refractivity contribution in [3.8, 4) is 16.9 Å². The van der Waals surface area contributed by atoms with E-state index in [4.69, 9.17) is 4.74 Å². The van der Waals surface area contributed by atoms with Gasteiger partial charge in [0.15, 0.2) is 11.6 Å². The van der Waals surface area contributed by atoms with Gasteiger partial charge < -0.3 is 4.74 Å². The lowest BCUT2D eigenvalue weighted by Crippen LogP contribution is -2.29. The monoisotopic (exact) mass is 408 g/mol. The highest BCUT2D eigenvalue weighted by Gasteiger charge is 2.35. The highest BCUT2D eigenvalue weighted by Crippen LogP contribution is 2.48. The first-order valence-corrected chi connectivity index (χ1v) is 11.0. The summed E-state index contributed by atoms with van der Waals surface area (Å²) in [6.07, 6.45) is 10.9. The summed E-state index contributed by atoms with van der Waals surface area (Å²) in [6.45, 7) is 7.76. The van der Waals surface area contributed by atoms with Crippen molar-refractivity contribution in [2.75, 3.05) is 6.61 Å². The predicted octanol–water partition coefficient (Wildman–Crippen LogP) is 7.68. The molecular formula is C27H30F2O. The van der Waals surface area contributed by atoms with E-state index in [-0.39, 0.29) is 18.2 Å². The van der Waals surface area contributed by atoms with E-state index in [1.54, 1.807) is 30.3 Å². The third kappa shape index (κ3) is 4.35. The van der Waals surface area contributed by atoms with Crippen LogP contribution in [0.3, 0.4) is 0 Å². The zero-order chi connectivity index (χ0) is 21.1. The summed E-state index contributed by atoms with van der Waals surface area (Å²) in [7, 11) is 0. The zero-order valence-corrected chi connectivity index (χ0v) is 17.5. The first-order chi connectivity index (χ1) is 14.6. The Kier molecular flexibility index (Phi) is 6.36. The van der Waals surface area contributed by atoms with Crippen LogP contribution in [0.25, 0.3) is 11.1 Å². The molecule has 0 radical (unpaired) electrons. The highest BCUT2D eigenvalue weighted by atomic mass is 19.1. The van der Waals surface area contributed by atoms with Crippen molar-refractivity contribution >= 4 is 0 Å². The summed E-state index contributed by atoms with van der Waals surface area (Å²) < 4.78 is 34.5. The molecule has 1 nitrogen and oxygen atoms in total. The third-order valence-electron chi connectivity index (χ3n) is 7.05. The molecule has 4 atom stereocenters. The molecule has 2 fully saturated rings. The minimum Gasteiger partial charge on any atom is -0.486 e. The number of hydrogen-bond acceptors (Lipinski definition) is 1. The molecule has 4 unspecified atom stereocenters. The van der Waals surface area contributed by atoms with Gasteiger partial charge in [-0.1, -0.05) is 36.9 Å². The van der Waals surface area contributed by atoms with Crippen LogP contribution in [0, 0.1) is 29.4 Å². The lowest BCUT2D eigenvalue weighted by Gasteiger charge is -2.41. The van der Waals surface area contributed by atoms with Crippen LogP contribution in [-0.4, -0.2) is 6.61 Å². The van der Waals surface area contributed by atoms with E-state index in [2.05, 4.69) is 19.2 Å². The maximum absolute atomic E-state index is 15.0. The first-order valence-electron chi connectivity index (χ1n) is 11.0. The second-order valence-electron chi connectivity index (χ2n) is 8.82. The summed E-state index contributed by atoms with van der Waals surface area (Å²) in [5.41, 5.74) is 2.02. The Morgan fingerprint density at radius 2 is 1.70 bits per heavy atom. The zero-order valence-electron chi connectivity index (χ0n) is 17.5. The van der Waals surface area contributed by atoms with Gasteiger partial charge in [0.05, 0.1) is 0 Å². The number of halogens is 2. The molecule has 0 amide bonds. The molecule has 0 bridgehead atoms. The van der Waals surface area contributed by atoms with Gasteiger partial charge in [-0.3, -0.25) is 0 Å². The second-order valence-corrected chi connectivity index (χ2v) is 8.82. The molecule has 2 aromatic carbocycles. The van der Waals surface area contributed by atoms with Crippen LogP contribution in [0.1, 0.15) is 50.0 Å². The quantitative estimate of drug-likeness (QED) is 0.445. The van der Waals surface area contributed by atoms with E-state index in [1.807, 2.05) is 6.07 Å². The van der Waals surface area contributed by atoms with E-state index >= 15 is 0 Å². The number of allylic oxidation sites excluding steroid dienone is 1. The minimum atomic E-state index is -0.494. The predicted molar refractivity (Wildman–Crippen MR) is 119 cm³/mol. The van der Waals surface area contributed by atoms with Crippen molar-refractivity contribution in [2.24, 2.45) is 17.8 Å². The summed E-state index contributed by atoms with van der Waals surface area (Å²) in [5.74, 6) is 2.01. The summed E-state index contributed by atoms with van der Waals surface area (Å²) in [4.78, 5) is 0. The number of benzene rings is 2. The van der Waals surface area contributed by atoms with Crippen LogP contribution in [-0.2, 0) is 0 Å². The van der Waals surface area contributed by atoms with Gasteiger partial charge in [0, 0.05) is 5.56 Å². The van der Waals surface area contributed by atoms with Crippen molar-refractivity contribution in [1.82, 2.24) is 0 Å². The van der Waals surface area contributed by atoms with E-state index in [9.17, 15) is 8.78 Å². The van der Waals surface area contributed by atoms with Crippen LogP contribution in [0.2, 0.25) is 0 Å². The summed E-state index contributed by atoms with van der Waals surface area (Å²) in [6, 6.07) is 10.1.